The number of nitrogens with one attached hydrogen (secondary N) is 1. The first-order valence-electron chi connectivity index (χ1n) is 8.06. The summed E-state index contributed by atoms with van der Waals surface area (Å²) in [5, 5.41) is 3.26. The Hall–Kier alpha value is -1.90. The molecular formula is C17H20N2O4S2. The van der Waals surface area contributed by atoms with E-state index in [1.54, 1.807) is 43.5 Å². The fourth-order valence-electron chi connectivity index (χ4n) is 2.68. The van der Waals surface area contributed by atoms with Crippen LogP contribution in [0.2, 0.25) is 0 Å². The highest BCUT2D eigenvalue weighted by molar-refractivity contribution is 7.91. The molecule has 6 nitrogen and oxygen atoms in total. The number of hydrogen-bond acceptors (Lipinski definition) is 5. The number of carbonyl (C=O) groups excluding carboxylic acids is 1. The molecule has 8 heteroatoms. The van der Waals surface area contributed by atoms with E-state index in [4.69, 9.17) is 4.74 Å². The number of nitrogens with zero attached hydrogens (tertiary/aromatic N) is 1. The Kier molecular flexibility index (Phi) is 5.41. The summed E-state index contributed by atoms with van der Waals surface area (Å²) in [5.41, 5.74) is 0.481. The highest BCUT2D eigenvalue weighted by Crippen LogP contribution is 2.30. The molecule has 1 aliphatic rings. The lowest BCUT2D eigenvalue weighted by atomic mass is 10.2. The molecule has 0 bridgehead atoms. The number of methoxy groups -OCH3 is 1. The average Bonchev–Trinajstić information content (AvgIpc) is 3.12. The molecule has 0 saturated carbocycles. The second-order valence-electron chi connectivity index (χ2n) is 5.77. The Morgan fingerprint density at radius 2 is 1.76 bits per heavy atom. The third-order valence-electron chi connectivity index (χ3n) is 4.08. The molecule has 3 rings (SSSR count). The minimum absolute atomic E-state index is 0.263. The topological polar surface area (TPSA) is 75.7 Å². The summed E-state index contributed by atoms with van der Waals surface area (Å²) in [4.78, 5) is 12.3. The number of amides is 1. The van der Waals surface area contributed by atoms with Crippen LogP contribution < -0.4 is 10.1 Å². The van der Waals surface area contributed by atoms with Crippen molar-refractivity contribution in [2.45, 2.75) is 23.5 Å². The first-order valence-corrected chi connectivity index (χ1v) is 10.3. The van der Waals surface area contributed by atoms with Crippen LogP contribution in [0.25, 0.3) is 0 Å². The monoisotopic (exact) mass is 380 g/mol. The van der Waals surface area contributed by atoms with Gasteiger partial charge in [-0.2, -0.15) is 4.31 Å². The number of sulfonamides is 1. The fraction of sp³-hybridized carbons (Fsp3) is 0.353. The van der Waals surface area contributed by atoms with Gasteiger partial charge in [-0.3, -0.25) is 4.79 Å². The molecule has 1 saturated heterocycles. The maximum atomic E-state index is 12.6. The number of anilines is 1. The Balaban J connectivity index is 1.71. The minimum Gasteiger partial charge on any atom is -0.497 e. The lowest BCUT2D eigenvalue weighted by Crippen LogP contribution is -2.35. The summed E-state index contributed by atoms with van der Waals surface area (Å²) in [6.07, 6.45) is 2.86. The SMILES string of the molecule is COc1ccc(C(=O)Nc2ccc(S(=O)(=O)N3CCCCC3)s2)cc1. The quantitative estimate of drug-likeness (QED) is 0.864. The van der Waals surface area contributed by atoms with Gasteiger partial charge in [0.05, 0.1) is 12.1 Å². The van der Waals surface area contributed by atoms with Gasteiger partial charge in [0, 0.05) is 18.7 Å². The molecule has 0 atom stereocenters. The number of benzene rings is 1. The molecule has 1 fully saturated rings. The maximum Gasteiger partial charge on any atom is 0.256 e. The molecule has 0 unspecified atom stereocenters. The van der Waals surface area contributed by atoms with E-state index in [0.717, 1.165) is 30.6 Å². The third-order valence-corrected chi connectivity index (χ3v) is 7.45. The van der Waals surface area contributed by atoms with Crippen molar-refractivity contribution in [3.05, 3.63) is 42.0 Å². The molecular weight excluding hydrogens is 360 g/mol. The van der Waals surface area contributed by atoms with Crippen LogP contribution in [-0.4, -0.2) is 38.8 Å². The Morgan fingerprint density at radius 1 is 1.08 bits per heavy atom. The van der Waals surface area contributed by atoms with Crippen molar-refractivity contribution in [2.24, 2.45) is 0 Å². The van der Waals surface area contributed by atoms with Gasteiger partial charge in [-0.05, 0) is 49.2 Å². The smallest absolute Gasteiger partial charge is 0.256 e. The number of rotatable bonds is 5. The first-order chi connectivity index (χ1) is 12.0. The molecule has 1 aromatic heterocycles. The zero-order chi connectivity index (χ0) is 17.9. The van der Waals surface area contributed by atoms with Crippen molar-refractivity contribution in [1.29, 1.82) is 0 Å². The molecule has 0 radical (unpaired) electrons. The first kappa shape index (κ1) is 17.9. The standard InChI is InChI=1S/C17H20N2O4S2/c1-23-14-7-5-13(6-8-14)17(20)18-15-9-10-16(24-15)25(21,22)19-11-3-2-4-12-19/h5-10H,2-4,11-12H2,1H3,(H,18,20). The molecule has 0 spiro atoms. The highest BCUT2D eigenvalue weighted by Gasteiger charge is 2.27. The normalized spacial score (nSPS) is 15.7. The van der Waals surface area contributed by atoms with E-state index >= 15 is 0 Å². The van der Waals surface area contributed by atoms with E-state index in [9.17, 15) is 13.2 Å². The number of piperidine rings is 1. The van der Waals surface area contributed by atoms with Gasteiger partial charge in [0.15, 0.2) is 0 Å². The molecule has 2 aromatic rings. The van der Waals surface area contributed by atoms with Crippen molar-refractivity contribution in [2.75, 3.05) is 25.5 Å². The summed E-state index contributed by atoms with van der Waals surface area (Å²) in [5.74, 6) is 0.383. The van der Waals surface area contributed by atoms with E-state index in [-0.39, 0.29) is 10.1 Å². The summed E-state index contributed by atoms with van der Waals surface area (Å²) in [6.45, 7) is 1.13. The third kappa shape index (κ3) is 4.02. The van der Waals surface area contributed by atoms with Gasteiger partial charge in [0.1, 0.15) is 9.96 Å². The van der Waals surface area contributed by atoms with Crippen LogP contribution in [0.3, 0.4) is 0 Å². The summed E-state index contributed by atoms with van der Waals surface area (Å²) < 4.78 is 32.1. The van der Waals surface area contributed by atoms with Gasteiger partial charge < -0.3 is 10.1 Å². The van der Waals surface area contributed by atoms with Crippen LogP contribution in [0.15, 0.2) is 40.6 Å². The lowest BCUT2D eigenvalue weighted by Gasteiger charge is -2.25. The van der Waals surface area contributed by atoms with E-state index in [1.165, 1.54) is 4.31 Å². The summed E-state index contributed by atoms with van der Waals surface area (Å²) in [7, 11) is -1.91. The van der Waals surface area contributed by atoms with E-state index in [2.05, 4.69) is 5.32 Å². The number of thiophene rings is 1. The molecule has 134 valence electrons. The van der Waals surface area contributed by atoms with E-state index < -0.39 is 10.0 Å². The highest BCUT2D eigenvalue weighted by atomic mass is 32.2. The van der Waals surface area contributed by atoms with Crippen molar-refractivity contribution in [3.8, 4) is 5.75 Å². The van der Waals surface area contributed by atoms with Gasteiger partial charge in [0.25, 0.3) is 15.9 Å². The minimum atomic E-state index is -3.47. The van der Waals surface area contributed by atoms with Gasteiger partial charge in [-0.15, -0.1) is 11.3 Å². The van der Waals surface area contributed by atoms with E-state index in [0.29, 0.717) is 29.4 Å². The van der Waals surface area contributed by atoms with Crippen molar-refractivity contribution in [3.63, 3.8) is 0 Å². The van der Waals surface area contributed by atoms with Crippen LogP contribution in [0, 0.1) is 0 Å². The zero-order valence-electron chi connectivity index (χ0n) is 13.9. The fourth-order valence-corrected chi connectivity index (χ4v) is 5.56. The Labute approximate surface area is 151 Å². The van der Waals surface area contributed by atoms with Crippen LogP contribution in [0.5, 0.6) is 5.75 Å². The van der Waals surface area contributed by atoms with Gasteiger partial charge in [0.2, 0.25) is 0 Å². The number of hydrogen-bond donors (Lipinski definition) is 1. The zero-order valence-corrected chi connectivity index (χ0v) is 15.5. The maximum absolute atomic E-state index is 12.6. The largest absolute Gasteiger partial charge is 0.497 e. The molecule has 1 N–H and O–H groups in total. The van der Waals surface area contributed by atoms with Crippen LogP contribution in [-0.2, 0) is 10.0 Å². The summed E-state index contributed by atoms with van der Waals surface area (Å²) >= 11 is 1.08. The average molecular weight is 380 g/mol. The Morgan fingerprint density at radius 3 is 2.40 bits per heavy atom. The molecule has 1 amide bonds. The van der Waals surface area contributed by atoms with Crippen LogP contribution in [0.1, 0.15) is 29.6 Å². The van der Waals surface area contributed by atoms with Crippen LogP contribution in [0.4, 0.5) is 5.00 Å². The number of ether oxygens (including phenoxy) is 1. The van der Waals surface area contributed by atoms with Crippen molar-refractivity contribution in [1.82, 2.24) is 4.31 Å². The predicted octanol–water partition coefficient (Wildman–Crippen LogP) is 3.18. The second kappa shape index (κ2) is 7.55. The summed E-state index contributed by atoms with van der Waals surface area (Å²) in [6, 6.07) is 9.91. The molecule has 25 heavy (non-hydrogen) atoms. The molecule has 1 aromatic carbocycles. The molecule has 1 aliphatic heterocycles. The van der Waals surface area contributed by atoms with Crippen LogP contribution >= 0.6 is 11.3 Å². The van der Waals surface area contributed by atoms with Crippen molar-refractivity contribution >= 4 is 32.3 Å². The van der Waals surface area contributed by atoms with Gasteiger partial charge in [-0.25, -0.2) is 8.42 Å². The van der Waals surface area contributed by atoms with Gasteiger partial charge in [-0.1, -0.05) is 6.42 Å². The second-order valence-corrected chi connectivity index (χ2v) is 9.01. The van der Waals surface area contributed by atoms with E-state index in [1.807, 2.05) is 0 Å². The molecule has 2 heterocycles. The Bertz CT molecular complexity index is 838. The van der Waals surface area contributed by atoms with Gasteiger partial charge >= 0.3 is 0 Å². The number of carbonyl (C=O) groups is 1. The predicted molar refractivity (Wildman–Crippen MR) is 97.9 cm³/mol. The molecule has 0 aliphatic carbocycles. The van der Waals surface area contributed by atoms with Crippen molar-refractivity contribution < 1.29 is 17.9 Å². The lowest BCUT2D eigenvalue weighted by molar-refractivity contribution is 0.102.